The number of rotatable bonds is 3. The van der Waals surface area contributed by atoms with Crippen molar-refractivity contribution in [3.8, 4) is 23.4 Å². The molecule has 0 aromatic carbocycles. The molecule has 4 heterocycles. The SMILES string of the molecule is CO[C@@H]1CN[C@H](c2nc(-c3ccc(C#Cc4ccccn4)cn3)no2)C1. The van der Waals surface area contributed by atoms with Gasteiger partial charge >= 0.3 is 0 Å². The van der Waals surface area contributed by atoms with Gasteiger partial charge in [-0.3, -0.25) is 4.98 Å². The van der Waals surface area contributed by atoms with Gasteiger partial charge in [0, 0.05) is 31.6 Å². The number of nitrogens with one attached hydrogen (secondary N) is 1. The second-order valence-electron chi connectivity index (χ2n) is 5.91. The lowest BCUT2D eigenvalue weighted by atomic mass is 10.2. The van der Waals surface area contributed by atoms with Gasteiger partial charge in [-0.15, -0.1) is 0 Å². The van der Waals surface area contributed by atoms with Crippen LogP contribution in [-0.4, -0.2) is 39.9 Å². The molecule has 1 N–H and O–H groups in total. The maximum absolute atomic E-state index is 5.38. The first-order chi connectivity index (χ1) is 12.8. The van der Waals surface area contributed by atoms with E-state index in [-0.39, 0.29) is 12.1 Å². The number of pyridine rings is 2. The maximum atomic E-state index is 5.38. The summed E-state index contributed by atoms with van der Waals surface area (Å²) < 4.78 is 10.7. The summed E-state index contributed by atoms with van der Waals surface area (Å²) in [5.74, 6) is 7.06. The summed E-state index contributed by atoms with van der Waals surface area (Å²) in [5.41, 5.74) is 2.16. The van der Waals surface area contributed by atoms with E-state index in [2.05, 4.69) is 37.3 Å². The molecule has 0 aliphatic carbocycles. The van der Waals surface area contributed by atoms with Crippen LogP contribution in [0.1, 0.15) is 29.6 Å². The number of aromatic nitrogens is 4. The van der Waals surface area contributed by atoms with Crippen molar-refractivity contribution in [2.45, 2.75) is 18.6 Å². The molecule has 0 unspecified atom stereocenters. The first kappa shape index (κ1) is 16.4. The summed E-state index contributed by atoms with van der Waals surface area (Å²) in [7, 11) is 1.70. The summed E-state index contributed by atoms with van der Waals surface area (Å²) in [6.07, 6.45) is 4.39. The third kappa shape index (κ3) is 3.61. The van der Waals surface area contributed by atoms with Crippen molar-refractivity contribution in [3.05, 3.63) is 59.9 Å². The second kappa shape index (κ2) is 7.44. The predicted octanol–water partition coefficient (Wildman–Crippen LogP) is 1.98. The van der Waals surface area contributed by atoms with Crippen LogP contribution < -0.4 is 5.32 Å². The van der Waals surface area contributed by atoms with Gasteiger partial charge in [0.05, 0.1) is 12.1 Å². The Morgan fingerprint density at radius 3 is 2.88 bits per heavy atom. The smallest absolute Gasteiger partial charge is 0.244 e. The fourth-order valence-electron chi connectivity index (χ4n) is 2.72. The standard InChI is InChI=1S/C19H17N5O2/c1-25-15-10-17(22-12-15)19-23-18(24-26-19)16-8-6-13(11-21-16)5-7-14-4-2-3-9-20-14/h2-4,6,8-9,11,15,17,22H,10,12H2,1H3/t15-,17-/m0/s1. The zero-order valence-corrected chi connectivity index (χ0v) is 14.2. The minimum Gasteiger partial charge on any atom is -0.380 e. The first-order valence-corrected chi connectivity index (χ1v) is 8.31. The molecule has 3 aromatic heterocycles. The van der Waals surface area contributed by atoms with Crippen LogP contribution in [0.25, 0.3) is 11.5 Å². The fraction of sp³-hybridized carbons (Fsp3) is 0.263. The van der Waals surface area contributed by atoms with Gasteiger partial charge in [0.25, 0.3) is 0 Å². The van der Waals surface area contributed by atoms with Gasteiger partial charge in [-0.05, 0) is 36.6 Å². The molecular weight excluding hydrogens is 330 g/mol. The molecule has 7 nitrogen and oxygen atoms in total. The molecule has 0 bridgehead atoms. The number of hydrogen-bond acceptors (Lipinski definition) is 7. The highest BCUT2D eigenvalue weighted by Gasteiger charge is 2.29. The van der Waals surface area contributed by atoms with Gasteiger partial charge in [0.15, 0.2) is 0 Å². The molecule has 26 heavy (non-hydrogen) atoms. The van der Waals surface area contributed by atoms with Crippen LogP contribution in [0.5, 0.6) is 0 Å². The summed E-state index contributed by atoms with van der Waals surface area (Å²) in [6, 6.07) is 9.35. The molecule has 2 atom stereocenters. The highest BCUT2D eigenvalue weighted by molar-refractivity contribution is 5.50. The van der Waals surface area contributed by atoms with Crippen LogP contribution in [0.4, 0.5) is 0 Å². The minimum atomic E-state index is 0.0183. The van der Waals surface area contributed by atoms with Crippen LogP contribution in [0.3, 0.4) is 0 Å². The Morgan fingerprint density at radius 2 is 2.15 bits per heavy atom. The van der Waals surface area contributed by atoms with Crippen LogP contribution in [0.15, 0.2) is 47.2 Å². The molecule has 7 heteroatoms. The van der Waals surface area contributed by atoms with Crippen molar-refractivity contribution in [2.75, 3.05) is 13.7 Å². The van der Waals surface area contributed by atoms with Gasteiger partial charge in [-0.1, -0.05) is 17.1 Å². The predicted molar refractivity (Wildman–Crippen MR) is 93.9 cm³/mol. The molecular formula is C19H17N5O2. The van der Waals surface area contributed by atoms with E-state index >= 15 is 0 Å². The lowest BCUT2D eigenvalue weighted by Gasteiger charge is -2.04. The Hall–Kier alpha value is -3.08. The number of hydrogen-bond donors (Lipinski definition) is 1. The van der Waals surface area contributed by atoms with Crippen LogP contribution in [-0.2, 0) is 4.74 Å². The highest BCUT2D eigenvalue weighted by Crippen LogP contribution is 2.25. The number of nitrogens with zero attached hydrogens (tertiary/aromatic N) is 4. The van der Waals surface area contributed by atoms with E-state index in [1.807, 2.05) is 30.3 Å². The Kier molecular flexibility index (Phi) is 4.69. The van der Waals surface area contributed by atoms with E-state index in [1.165, 1.54) is 0 Å². The molecule has 4 rings (SSSR count). The molecule has 0 amide bonds. The van der Waals surface area contributed by atoms with Crippen LogP contribution in [0, 0.1) is 11.8 Å². The number of methoxy groups -OCH3 is 1. The van der Waals surface area contributed by atoms with Crippen molar-refractivity contribution in [1.82, 2.24) is 25.4 Å². The quantitative estimate of drug-likeness (QED) is 0.725. The monoisotopic (exact) mass is 347 g/mol. The Morgan fingerprint density at radius 1 is 1.19 bits per heavy atom. The van der Waals surface area contributed by atoms with Crippen LogP contribution >= 0.6 is 0 Å². The van der Waals surface area contributed by atoms with E-state index in [0.717, 1.165) is 24.2 Å². The maximum Gasteiger partial charge on any atom is 0.244 e. The van der Waals surface area contributed by atoms with E-state index in [9.17, 15) is 0 Å². The minimum absolute atomic E-state index is 0.0183. The average molecular weight is 347 g/mol. The third-order valence-corrected chi connectivity index (χ3v) is 4.16. The average Bonchev–Trinajstić information content (AvgIpc) is 3.37. The molecule has 1 aliphatic rings. The topological polar surface area (TPSA) is 86.0 Å². The molecule has 0 radical (unpaired) electrons. The zero-order valence-electron chi connectivity index (χ0n) is 14.2. The van der Waals surface area contributed by atoms with E-state index in [0.29, 0.717) is 17.4 Å². The Labute approximate surface area is 150 Å². The summed E-state index contributed by atoms with van der Waals surface area (Å²) >= 11 is 0. The lowest BCUT2D eigenvalue weighted by molar-refractivity contribution is 0.116. The Balaban J connectivity index is 1.47. The highest BCUT2D eigenvalue weighted by atomic mass is 16.5. The zero-order chi connectivity index (χ0) is 17.8. The summed E-state index contributed by atoms with van der Waals surface area (Å²) in [6.45, 7) is 0.779. The van der Waals surface area contributed by atoms with E-state index in [1.54, 1.807) is 19.5 Å². The van der Waals surface area contributed by atoms with Gasteiger partial charge < -0.3 is 14.6 Å². The summed E-state index contributed by atoms with van der Waals surface area (Å²) in [4.78, 5) is 13.0. The molecule has 0 saturated carbocycles. The normalized spacial score (nSPS) is 19.1. The molecule has 1 aliphatic heterocycles. The van der Waals surface area contributed by atoms with Crippen molar-refractivity contribution < 1.29 is 9.26 Å². The van der Waals surface area contributed by atoms with Gasteiger partial charge in [0.1, 0.15) is 11.4 Å². The molecule has 0 spiro atoms. The van der Waals surface area contributed by atoms with Crippen molar-refractivity contribution >= 4 is 0 Å². The molecule has 130 valence electrons. The summed E-state index contributed by atoms with van der Waals surface area (Å²) in [5, 5.41) is 7.34. The molecule has 1 saturated heterocycles. The third-order valence-electron chi connectivity index (χ3n) is 4.16. The van der Waals surface area contributed by atoms with Crippen molar-refractivity contribution in [3.63, 3.8) is 0 Å². The Bertz CT molecular complexity index is 928. The van der Waals surface area contributed by atoms with E-state index in [4.69, 9.17) is 9.26 Å². The van der Waals surface area contributed by atoms with Gasteiger partial charge in [-0.25, -0.2) is 4.98 Å². The van der Waals surface area contributed by atoms with E-state index < -0.39 is 0 Å². The van der Waals surface area contributed by atoms with Crippen molar-refractivity contribution in [1.29, 1.82) is 0 Å². The largest absolute Gasteiger partial charge is 0.380 e. The lowest BCUT2D eigenvalue weighted by Crippen LogP contribution is -2.16. The number of ether oxygens (including phenoxy) is 1. The van der Waals surface area contributed by atoms with Crippen molar-refractivity contribution in [2.24, 2.45) is 0 Å². The second-order valence-corrected chi connectivity index (χ2v) is 5.91. The first-order valence-electron chi connectivity index (χ1n) is 8.31. The fourth-order valence-corrected chi connectivity index (χ4v) is 2.72. The van der Waals surface area contributed by atoms with Gasteiger partial charge in [0.2, 0.25) is 11.7 Å². The van der Waals surface area contributed by atoms with Crippen LogP contribution in [0.2, 0.25) is 0 Å². The molecule has 1 fully saturated rings. The van der Waals surface area contributed by atoms with Gasteiger partial charge in [-0.2, -0.15) is 4.98 Å². The molecule has 3 aromatic rings.